The minimum Gasteiger partial charge on any atom is -0.271 e. The summed E-state index contributed by atoms with van der Waals surface area (Å²) < 4.78 is 14.1. The molecule has 19 heavy (non-hydrogen) atoms. The van der Waals surface area contributed by atoms with Crippen LogP contribution in [-0.2, 0) is 6.42 Å². The van der Waals surface area contributed by atoms with E-state index in [1.165, 1.54) is 0 Å². The highest BCUT2D eigenvalue weighted by atomic mass is 32.1. The third-order valence-corrected chi connectivity index (χ3v) is 4.06. The van der Waals surface area contributed by atoms with E-state index < -0.39 is 0 Å². The van der Waals surface area contributed by atoms with Crippen molar-refractivity contribution in [1.82, 2.24) is 10.4 Å². The molecule has 2 rings (SSSR count). The fourth-order valence-corrected chi connectivity index (χ4v) is 3.10. The van der Waals surface area contributed by atoms with E-state index >= 15 is 0 Å². The zero-order valence-corrected chi connectivity index (χ0v) is 12.1. The lowest BCUT2D eigenvalue weighted by molar-refractivity contribution is 0.506. The van der Waals surface area contributed by atoms with Crippen molar-refractivity contribution < 1.29 is 4.39 Å². The predicted octanol–water partition coefficient (Wildman–Crippen LogP) is 2.95. The average molecular weight is 279 g/mol. The Balaban J connectivity index is 2.32. The first-order valence-corrected chi connectivity index (χ1v) is 7.03. The maximum Gasteiger partial charge on any atom is 0.128 e. The molecule has 1 aromatic carbocycles. The van der Waals surface area contributed by atoms with E-state index in [-0.39, 0.29) is 11.9 Å². The van der Waals surface area contributed by atoms with Crippen LogP contribution in [0.4, 0.5) is 4.39 Å². The standard InChI is InChI=1S/C14H18FN3S/c1-8-4-9(2)14(11(15)5-8)12(18-16)6-13-17-10(3)7-19-13/h4-5,7,12,18H,6,16H2,1-3H3. The monoisotopic (exact) mass is 279 g/mol. The minimum atomic E-state index is -0.258. The summed E-state index contributed by atoms with van der Waals surface area (Å²) in [4.78, 5) is 4.40. The highest BCUT2D eigenvalue weighted by Gasteiger charge is 2.19. The van der Waals surface area contributed by atoms with Gasteiger partial charge in [-0.25, -0.2) is 9.37 Å². The number of aryl methyl sites for hydroxylation is 3. The summed E-state index contributed by atoms with van der Waals surface area (Å²) in [7, 11) is 0. The number of rotatable bonds is 4. The fourth-order valence-electron chi connectivity index (χ4n) is 2.28. The molecule has 0 aliphatic carbocycles. The van der Waals surface area contributed by atoms with E-state index in [1.54, 1.807) is 17.4 Å². The maximum absolute atomic E-state index is 14.1. The van der Waals surface area contributed by atoms with E-state index in [1.807, 2.05) is 32.2 Å². The van der Waals surface area contributed by atoms with Gasteiger partial charge in [0.05, 0.1) is 11.0 Å². The second-order valence-electron chi connectivity index (χ2n) is 4.78. The Hall–Kier alpha value is -1.30. The van der Waals surface area contributed by atoms with Gasteiger partial charge in [-0.3, -0.25) is 11.3 Å². The molecule has 1 unspecified atom stereocenters. The van der Waals surface area contributed by atoms with Crippen molar-refractivity contribution in [1.29, 1.82) is 0 Å². The zero-order chi connectivity index (χ0) is 14.0. The van der Waals surface area contributed by atoms with E-state index in [0.29, 0.717) is 12.0 Å². The molecule has 0 saturated carbocycles. The Bertz CT molecular complexity index is 557. The molecule has 0 aliphatic heterocycles. The van der Waals surface area contributed by atoms with E-state index in [4.69, 9.17) is 5.84 Å². The summed E-state index contributed by atoms with van der Waals surface area (Å²) in [6.45, 7) is 5.74. The molecule has 0 amide bonds. The quantitative estimate of drug-likeness (QED) is 0.668. The number of hydrogen-bond donors (Lipinski definition) is 2. The molecule has 3 nitrogen and oxygen atoms in total. The molecule has 1 aromatic heterocycles. The number of thiazole rings is 1. The molecule has 0 fully saturated rings. The van der Waals surface area contributed by atoms with Crippen LogP contribution in [0.15, 0.2) is 17.5 Å². The van der Waals surface area contributed by atoms with Gasteiger partial charge >= 0.3 is 0 Å². The molecular weight excluding hydrogens is 261 g/mol. The lowest BCUT2D eigenvalue weighted by atomic mass is 9.97. The Morgan fingerprint density at radius 1 is 1.37 bits per heavy atom. The third kappa shape index (κ3) is 3.18. The number of benzene rings is 1. The van der Waals surface area contributed by atoms with E-state index in [9.17, 15) is 4.39 Å². The summed E-state index contributed by atoms with van der Waals surface area (Å²) in [5, 5.41) is 2.95. The molecule has 2 aromatic rings. The van der Waals surface area contributed by atoms with Gasteiger partial charge in [0.2, 0.25) is 0 Å². The zero-order valence-electron chi connectivity index (χ0n) is 11.3. The highest BCUT2D eigenvalue weighted by Crippen LogP contribution is 2.26. The van der Waals surface area contributed by atoms with Crippen molar-refractivity contribution in [3.05, 3.63) is 50.7 Å². The van der Waals surface area contributed by atoms with Gasteiger partial charge in [0.1, 0.15) is 5.82 Å². The van der Waals surface area contributed by atoms with Crippen LogP contribution in [0.1, 0.15) is 33.4 Å². The number of halogens is 1. The Morgan fingerprint density at radius 3 is 2.63 bits per heavy atom. The topological polar surface area (TPSA) is 50.9 Å². The van der Waals surface area contributed by atoms with Gasteiger partial charge in [-0.2, -0.15) is 0 Å². The molecule has 3 N–H and O–H groups in total. The average Bonchev–Trinajstić information content (AvgIpc) is 2.72. The van der Waals surface area contributed by atoms with Crippen molar-refractivity contribution in [2.75, 3.05) is 0 Å². The van der Waals surface area contributed by atoms with Crippen LogP contribution in [0, 0.1) is 26.6 Å². The van der Waals surface area contributed by atoms with Crippen LogP contribution >= 0.6 is 11.3 Å². The number of aromatic nitrogens is 1. The molecule has 0 radical (unpaired) electrons. The van der Waals surface area contributed by atoms with Crippen molar-refractivity contribution in [2.24, 2.45) is 5.84 Å². The number of nitrogens with one attached hydrogen (secondary N) is 1. The minimum absolute atomic E-state index is 0.214. The summed E-state index contributed by atoms with van der Waals surface area (Å²) >= 11 is 1.57. The third-order valence-electron chi connectivity index (χ3n) is 3.08. The Kier molecular flexibility index (Phi) is 4.29. The van der Waals surface area contributed by atoms with Gasteiger partial charge in [-0.1, -0.05) is 6.07 Å². The van der Waals surface area contributed by atoms with Crippen LogP contribution in [0.25, 0.3) is 0 Å². The molecule has 0 aliphatic rings. The second kappa shape index (κ2) is 5.77. The van der Waals surface area contributed by atoms with Crippen LogP contribution in [-0.4, -0.2) is 4.98 Å². The normalized spacial score (nSPS) is 12.7. The molecule has 0 spiro atoms. The van der Waals surface area contributed by atoms with Crippen LogP contribution in [0.3, 0.4) is 0 Å². The summed E-state index contributed by atoms with van der Waals surface area (Å²) in [6, 6.07) is 3.25. The molecule has 0 saturated heterocycles. The Labute approximate surface area is 116 Å². The largest absolute Gasteiger partial charge is 0.271 e. The van der Waals surface area contributed by atoms with E-state index in [2.05, 4.69) is 10.4 Å². The number of nitrogens with two attached hydrogens (primary N) is 1. The SMILES string of the molecule is Cc1cc(C)c(C(Cc2nc(C)cs2)NN)c(F)c1. The van der Waals surface area contributed by atoms with Gasteiger partial charge in [0.15, 0.2) is 0 Å². The van der Waals surface area contributed by atoms with Crippen LogP contribution < -0.4 is 11.3 Å². The summed E-state index contributed by atoms with van der Waals surface area (Å²) in [5.74, 6) is 5.38. The number of hydrogen-bond acceptors (Lipinski definition) is 4. The fraction of sp³-hybridized carbons (Fsp3) is 0.357. The molecule has 1 heterocycles. The van der Waals surface area contributed by atoms with Crippen molar-refractivity contribution in [3.63, 3.8) is 0 Å². The predicted molar refractivity (Wildman–Crippen MR) is 76.5 cm³/mol. The first kappa shape index (κ1) is 14.1. The van der Waals surface area contributed by atoms with Crippen molar-refractivity contribution in [2.45, 2.75) is 33.2 Å². The first-order valence-electron chi connectivity index (χ1n) is 6.15. The lowest BCUT2D eigenvalue weighted by Crippen LogP contribution is -2.31. The van der Waals surface area contributed by atoms with Gasteiger partial charge in [0, 0.05) is 23.1 Å². The molecule has 5 heteroatoms. The number of nitrogens with zero attached hydrogens (tertiary/aromatic N) is 1. The number of hydrazine groups is 1. The smallest absolute Gasteiger partial charge is 0.128 e. The second-order valence-corrected chi connectivity index (χ2v) is 5.73. The molecule has 0 bridgehead atoms. The summed E-state index contributed by atoms with van der Waals surface area (Å²) in [5.41, 5.74) is 6.14. The van der Waals surface area contributed by atoms with Crippen molar-refractivity contribution >= 4 is 11.3 Å². The Morgan fingerprint density at radius 2 is 2.11 bits per heavy atom. The van der Waals surface area contributed by atoms with Gasteiger partial charge < -0.3 is 0 Å². The van der Waals surface area contributed by atoms with Crippen LogP contribution in [0.2, 0.25) is 0 Å². The maximum atomic E-state index is 14.1. The van der Waals surface area contributed by atoms with E-state index in [0.717, 1.165) is 21.8 Å². The summed E-state index contributed by atoms with van der Waals surface area (Å²) in [6.07, 6.45) is 0.593. The molecule has 1 atom stereocenters. The van der Waals surface area contributed by atoms with Gasteiger partial charge in [0.25, 0.3) is 0 Å². The molecule has 102 valence electrons. The van der Waals surface area contributed by atoms with Crippen molar-refractivity contribution in [3.8, 4) is 0 Å². The highest BCUT2D eigenvalue weighted by molar-refractivity contribution is 7.09. The first-order chi connectivity index (χ1) is 9.01. The van der Waals surface area contributed by atoms with Crippen LogP contribution in [0.5, 0.6) is 0 Å². The van der Waals surface area contributed by atoms with Gasteiger partial charge in [-0.15, -0.1) is 11.3 Å². The lowest BCUT2D eigenvalue weighted by Gasteiger charge is -2.19. The van der Waals surface area contributed by atoms with Gasteiger partial charge in [-0.05, 0) is 38.0 Å². The molecular formula is C14H18FN3S.